The van der Waals surface area contributed by atoms with E-state index in [1.807, 2.05) is 49.2 Å². The van der Waals surface area contributed by atoms with Crippen molar-refractivity contribution in [2.75, 3.05) is 23.8 Å². The number of para-hydroxylation sites is 1. The van der Waals surface area contributed by atoms with Crippen LogP contribution in [-0.2, 0) is 0 Å². The van der Waals surface area contributed by atoms with Gasteiger partial charge in [0.15, 0.2) is 0 Å². The number of carbonyl (C=O) groups excluding carboxylic acids is 2. The third-order valence-corrected chi connectivity index (χ3v) is 5.19. The van der Waals surface area contributed by atoms with Crippen LogP contribution in [0.2, 0.25) is 0 Å². The molecule has 5 nitrogen and oxygen atoms in total. The number of fused-ring (bicyclic) bond motifs is 2. The van der Waals surface area contributed by atoms with Gasteiger partial charge in [0.25, 0.3) is 11.8 Å². The molecule has 1 fully saturated rings. The van der Waals surface area contributed by atoms with Crippen LogP contribution in [0.3, 0.4) is 0 Å². The lowest BCUT2D eigenvalue weighted by atomic mass is 10.0. The maximum absolute atomic E-state index is 12.7. The molecular formula is C20H21N3O2. The van der Waals surface area contributed by atoms with Gasteiger partial charge in [-0.25, -0.2) is 0 Å². The van der Waals surface area contributed by atoms with Crippen molar-refractivity contribution < 1.29 is 9.59 Å². The van der Waals surface area contributed by atoms with Crippen molar-refractivity contribution >= 4 is 23.2 Å². The predicted octanol–water partition coefficient (Wildman–Crippen LogP) is 3.26. The molecule has 1 atom stereocenters. The molecule has 0 unspecified atom stereocenters. The maximum Gasteiger partial charge on any atom is 0.257 e. The predicted molar refractivity (Wildman–Crippen MR) is 98.0 cm³/mol. The summed E-state index contributed by atoms with van der Waals surface area (Å²) in [4.78, 5) is 29.3. The first-order chi connectivity index (χ1) is 12.1. The highest BCUT2D eigenvalue weighted by atomic mass is 16.2. The number of anilines is 2. The second kappa shape index (κ2) is 5.92. The van der Waals surface area contributed by atoms with Crippen LogP contribution in [0.5, 0.6) is 0 Å². The molecule has 1 N–H and O–H groups in total. The fourth-order valence-corrected chi connectivity index (χ4v) is 3.76. The van der Waals surface area contributed by atoms with E-state index in [1.54, 1.807) is 12.1 Å². The molecule has 128 valence electrons. The Hall–Kier alpha value is -2.82. The Labute approximate surface area is 147 Å². The SMILES string of the molecule is Cc1ccccc1NC(=O)c1ccc2c(c1)N(C)[C@@H]1CCCN1C2=O. The number of nitrogens with zero attached hydrogens (tertiary/aromatic N) is 2. The molecule has 0 radical (unpaired) electrons. The lowest BCUT2D eigenvalue weighted by molar-refractivity contribution is 0.0719. The highest BCUT2D eigenvalue weighted by molar-refractivity contribution is 6.08. The maximum atomic E-state index is 12.7. The molecule has 4 rings (SSSR count). The number of carbonyl (C=O) groups is 2. The lowest BCUT2D eigenvalue weighted by Gasteiger charge is -2.40. The topological polar surface area (TPSA) is 52.7 Å². The van der Waals surface area contributed by atoms with Gasteiger partial charge < -0.3 is 15.1 Å². The van der Waals surface area contributed by atoms with Gasteiger partial charge in [-0.05, 0) is 49.6 Å². The number of nitrogens with one attached hydrogen (secondary N) is 1. The fraction of sp³-hybridized carbons (Fsp3) is 0.300. The first-order valence-electron chi connectivity index (χ1n) is 8.61. The van der Waals surface area contributed by atoms with E-state index in [4.69, 9.17) is 0 Å². The monoisotopic (exact) mass is 335 g/mol. The van der Waals surface area contributed by atoms with Crippen LogP contribution >= 0.6 is 0 Å². The molecule has 0 aliphatic carbocycles. The van der Waals surface area contributed by atoms with Crippen molar-refractivity contribution in [3.8, 4) is 0 Å². The third kappa shape index (κ3) is 2.56. The van der Waals surface area contributed by atoms with Crippen molar-refractivity contribution in [3.63, 3.8) is 0 Å². The van der Waals surface area contributed by atoms with Gasteiger partial charge in [-0.2, -0.15) is 0 Å². The van der Waals surface area contributed by atoms with E-state index >= 15 is 0 Å². The third-order valence-electron chi connectivity index (χ3n) is 5.19. The van der Waals surface area contributed by atoms with E-state index in [1.165, 1.54) is 0 Å². The Balaban J connectivity index is 1.65. The van der Waals surface area contributed by atoms with Crippen LogP contribution in [-0.4, -0.2) is 36.5 Å². The lowest BCUT2D eigenvalue weighted by Crippen LogP contribution is -2.50. The van der Waals surface area contributed by atoms with Gasteiger partial charge in [-0.3, -0.25) is 9.59 Å². The second-order valence-corrected chi connectivity index (χ2v) is 6.73. The molecule has 0 saturated carbocycles. The van der Waals surface area contributed by atoms with Crippen molar-refractivity contribution in [3.05, 3.63) is 59.2 Å². The summed E-state index contributed by atoms with van der Waals surface area (Å²) in [6.07, 6.45) is 2.10. The van der Waals surface area contributed by atoms with Crippen LogP contribution in [0.1, 0.15) is 39.1 Å². The Morgan fingerprint density at radius 2 is 2.00 bits per heavy atom. The smallest absolute Gasteiger partial charge is 0.257 e. The van der Waals surface area contributed by atoms with Gasteiger partial charge in [0, 0.05) is 24.8 Å². The van der Waals surface area contributed by atoms with E-state index in [-0.39, 0.29) is 18.0 Å². The van der Waals surface area contributed by atoms with Crippen molar-refractivity contribution in [2.24, 2.45) is 0 Å². The largest absolute Gasteiger partial charge is 0.354 e. The molecule has 1 saturated heterocycles. The van der Waals surface area contributed by atoms with Gasteiger partial charge in [0.05, 0.1) is 11.3 Å². The number of rotatable bonds is 2. The number of aryl methyl sites for hydroxylation is 1. The van der Waals surface area contributed by atoms with Gasteiger partial charge in [0.2, 0.25) is 0 Å². The van der Waals surface area contributed by atoms with Gasteiger partial charge in [-0.15, -0.1) is 0 Å². The zero-order chi connectivity index (χ0) is 17.6. The van der Waals surface area contributed by atoms with Crippen molar-refractivity contribution in [1.82, 2.24) is 4.90 Å². The molecule has 5 heteroatoms. The fourth-order valence-electron chi connectivity index (χ4n) is 3.76. The highest BCUT2D eigenvalue weighted by Crippen LogP contribution is 2.35. The zero-order valence-electron chi connectivity index (χ0n) is 14.5. The van der Waals surface area contributed by atoms with E-state index < -0.39 is 0 Å². The summed E-state index contributed by atoms with van der Waals surface area (Å²) in [6, 6.07) is 13.0. The summed E-state index contributed by atoms with van der Waals surface area (Å²) in [5, 5.41) is 2.95. The Morgan fingerprint density at radius 1 is 1.20 bits per heavy atom. The van der Waals surface area contributed by atoms with Gasteiger partial charge in [0.1, 0.15) is 6.17 Å². The Kier molecular flexibility index (Phi) is 3.71. The van der Waals surface area contributed by atoms with E-state index in [2.05, 4.69) is 10.2 Å². The van der Waals surface area contributed by atoms with E-state index in [0.29, 0.717) is 11.1 Å². The number of hydrogen-bond donors (Lipinski definition) is 1. The molecule has 0 aromatic heterocycles. The van der Waals surface area contributed by atoms with E-state index in [0.717, 1.165) is 36.3 Å². The first kappa shape index (κ1) is 15.7. The molecule has 2 aromatic rings. The zero-order valence-corrected chi connectivity index (χ0v) is 14.5. The molecule has 2 amide bonds. The normalized spacial score (nSPS) is 18.8. The summed E-state index contributed by atoms with van der Waals surface area (Å²) >= 11 is 0. The van der Waals surface area contributed by atoms with Crippen molar-refractivity contribution in [1.29, 1.82) is 0 Å². The molecule has 2 aromatic carbocycles. The molecule has 2 aliphatic heterocycles. The number of benzene rings is 2. The van der Waals surface area contributed by atoms with Crippen LogP contribution in [0.25, 0.3) is 0 Å². The van der Waals surface area contributed by atoms with Gasteiger partial charge >= 0.3 is 0 Å². The standard InChI is InChI=1S/C20H21N3O2/c1-13-6-3-4-7-16(13)21-19(24)14-9-10-15-17(12-14)22(2)18-8-5-11-23(18)20(15)25/h3-4,6-7,9-10,12,18H,5,8,11H2,1-2H3,(H,21,24)/t18-/m0/s1. The molecule has 2 aliphatic rings. The minimum absolute atomic E-state index is 0.0708. The van der Waals surface area contributed by atoms with Crippen LogP contribution in [0.15, 0.2) is 42.5 Å². The van der Waals surface area contributed by atoms with Crippen LogP contribution < -0.4 is 10.2 Å². The average Bonchev–Trinajstić information content (AvgIpc) is 3.11. The summed E-state index contributed by atoms with van der Waals surface area (Å²) in [5.74, 6) is -0.0896. The quantitative estimate of drug-likeness (QED) is 0.916. The summed E-state index contributed by atoms with van der Waals surface area (Å²) in [5.41, 5.74) is 3.89. The second-order valence-electron chi connectivity index (χ2n) is 6.73. The molecule has 0 spiro atoms. The minimum atomic E-state index is -0.160. The first-order valence-corrected chi connectivity index (χ1v) is 8.61. The van der Waals surface area contributed by atoms with E-state index in [9.17, 15) is 9.59 Å². The minimum Gasteiger partial charge on any atom is -0.354 e. The number of hydrogen-bond acceptors (Lipinski definition) is 3. The molecule has 0 bridgehead atoms. The number of amides is 2. The highest BCUT2D eigenvalue weighted by Gasteiger charge is 2.38. The molecular weight excluding hydrogens is 314 g/mol. The van der Waals surface area contributed by atoms with Crippen LogP contribution in [0.4, 0.5) is 11.4 Å². The Morgan fingerprint density at radius 3 is 2.80 bits per heavy atom. The van der Waals surface area contributed by atoms with Gasteiger partial charge in [-0.1, -0.05) is 18.2 Å². The molecule has 2 heterocycles. The Bertz CT molecular complexity index is 862. The summed E-state index contributed by atoms with van der Waals surface area (Å²) in [7, 11) is 2.00. The van der Waals surface area contributed by atoms with Crippen molar-refractivity contribution in [2.45, 2.75) is 25.9 Å². The average molecular weight is 335 g/mol. The summed E-state index contributed by atoms with van der Waals surface area (Å²) < 4.78 is 0. The molecule has 25 heavy (non-hydrogen) atoms. The van der Waals surface area contributed by atoms with Crippen LogP contribution in [0, 0.1) is 6.92 Å². The summed E-state index contributed by atoms with van der Waals surface area (Å²) in [6.45, 7) is 2.77.